The van der Waals surface area contributed by atoms with Crippen molar-refractivity contribution < 1.29 is 18.4 Å². The minimum Gasteiger partial charge on any atom is -0.335 e. The highest BCUT2D eigenvalue weighted by Gasteiger charge is 2.37. The van der Waals surface area contributed by atoms with Crippen LogP contribution in [-0.2, 0) is 0 Å². The van der Waals surface area contributed by atoms with Crippen molar-refractivity contribution in [2.24, 2.45) is 0 Å². The number of hydrogen-bond donors (Lipinski definition) is 1. The van der Waals surface area contributed by atoms with E-state index in [1.807, 2.05) is 4.90 Å². The lowest BCUT2D eigenvalue weighted by Gasteiger charge is -2.48. The molecule has 0 spiro atoms. The van der Waals surface area contributed by atoms with E-state index < -0.39 is 17.3 Å². The number of fused-ring (bicyclic) bond motifs is 1. The highest BCUT2D eigenvalue weighted by molar-refractivity contribution is 7.11. The first-order chi connectivity index (χ1) is 17.9. The standard InChI is InChI=1S/C25H22F2N6O3S/c26-18-3-2-16(12-19(18)27)33-21-4-1-15(11-20(21)29-25(33)36)23(34)32-13-17(14-32)30-6-8-31(9-7-30)24(35)22-28-5-10-37-22/h1-5,10-12,17H,6-9,13-14H2,(H,29,36). The molecule has 2 aromatic heterocycles. The van der Waals surface area contributed by atoms with Crippen molar-refractivity contribution in [3.63, 3.8) is 0 Å². The molecule has 0 atom stereocenters. The summed E-state index contributed by atoms with van der Waals surface area (Å²) in [6.07, 6.45) is 1.63. The van der Waals surface area contributed by atoms with E-state index >= 15 is 0 Å². The maximum Gasteiger partial charge on any atom is 0.331 e. The summed E-state index contributed by atoms with van der Waals surface area (Å²) < 4.78 is 28.3. The van der Waals surface area contributed by atoms with Crippen LogP contribution in [0.2, 0.25) is 0 Å². The van der Waals surface area contributed by atoms with Gasteiger partial charge in [-0.05, 0) is 30.3 Å². The number of carbonyl (C=O) groups is 2. The van der Waals surface area contributed by atoms with Gasteiger partial charge in [0.05, 0.1) is 16.7 Å². The summed E-state index contributed by atoms with van der Waals surface area (Å²) in [5.74, 6) is -2.22. The summed E-state index contributed by atoms with van der Waals surface area (Å²) in [6, 6.07) is 8.33. The molecule has 2 aliphatic heterocycles. The normalized spacial score (nSPS) is 16.8. The van der Waals surface area contributed by atoms with Gasteiger partial charge in [-0.2, -0.15) is 0 Å². The van der Waals surface area contributed by atoms with Crippen LogP contribution in [-0.4, -0.2) is 86.4 Å². The molecule has 12 heteroatoms. The van der Waals surface area contributed by atoms with Crippen LogP contribution in [0.3, 0.4) is 0 Å². The Morgan fingerprint density at radius 2 is 1.73 bits per heavy atom. The van der Waals surface area contributed by atoms with Crippen molar-refractivity contribution >= 4 is 34.2 Å². The topological polar surface area (TPSA) is 94.5 Å². The van der Waals surface area contributed by atoms with Gasteiger partial charge in [0.25, 0.3) is 11.8 Å². The van der Waals surface area contributed by atoms with Crippen LogP contribution in [0, 0.1) is 11.6 Å². The molecule has 0 unspecified atom stereocenters. The summed E-state index contributed by atoms with van der Waals surface area (Å²) in [4.78, 5) is 50.8. The molecular weight excluding hydrogens is 502 g/mol. The second-order valence-corrected chi connectivity index (χ2v) is 10.0. The molecule has 0 bridgehead atoms. The smallest absolute Gasteiger partial charge is 0.331 e. The van der Waals surface area contributed by atoms with Crippen LogP contribution < -0.4 is 5.69 Å². The Balaban J connectivity index is 1.10. The van der Waals surface area contributed by atoms with E-state index in [2.05, 4.69) is 14.9 Å². The average Bonchev–Trinajstić information content (AvgIpc) is 3.52. The lowest BCUT2D eigenvalue weighted by atomic mass is 10.0. The van der Waals surface area contributed by atoms with E-state index in [0.29, 0.717) is 47.8 Å². The maximum absolute atomic E-state index is 13.7. The third kappa shape index (κ3) is 4.21. The zero-order valence-corrected chi connectivity index (χ0v) is 20.4. The molecule has 2 fully saturated rings. The van der Waals surface area contributed by atoms with Crippen molar-refractivity contribution in [2.45, 2.75) is 6.04 Å². The minimum absolute atomic E-state index is 0.0353. The van der Waals surface area contributed by atoms with Crippen LogP contribution in [0.15, 0.2) is 52.8 Å². The largest absolute Gasteiger partial charge is 0.335 e. The number of halogens is 2. The zero-order valence-electron chi connectivity index (χ0n) is 19.6. The molecule has 4 aromatic rings. The van der Waals surface area contributed by atoms with E-state index in [1.54, 1.807) is 34.7 Å². The van der Waals surface area contributed by atoms with E-state index in [-0.39, 0.29) is 23.5 Å². The Hall–Kier alpha value is -3.90. The number of rotatable bonds is 4. The van der Waals surface area contributed by atoms with Crippen LogP contribution in [0.1, 0.15) is 20.2 Å². The molecule has 2 aromatic carbocycles. The van der Waals surface area contributed by atoms with Gasteiger partial charge in [0.15, 0.2) is 16.6 Å². The monoisotopic (exact) mass is 524 g/mol. The molecule has 190 valence electrons. The Bertz CT molecular complexity index is 1550. The quantitative estimate of drug-likeness (QED) is 0.442. The first-order valence-corrected chi connectivity index (χ1v) is 12.7. The predicted octanol–water partition coefficient (Wildman–Crippen LogP) is 2.34. The number of thiazole rings is 1. The number of nitrogens with zero attached hydrogens (tertiary/aromatic N) is 5. The van der Waals surface area contributed by atoms with Crippen molar-refractivity contribution in [1.82, 2.24) is 29.2 Å². The first-order valence-electron chi connectivity index (χ1n) is 11.8. The van der Waals surface area contributed by atoms with Gasteiger partial charge in [-0.25, -0.2) is 18.6 Å². The molecular formula is C25H22F2N6O3S. The summed E-state index contributed by atoms with van der Waals surface area (Å²) >= 11 is 1.34. The maximum atomic E-state index is 13.7. The fraction of sp³-hybridized carbons (Fsp3) is 0.280. The van der Waals surface area contributed by atoms with Gasteiger partial charge in [0, 0.05) is 68.5 Å². The number of likely N-dealkylation sites (tertiary alicyclic amines) is 1. The van der Waals surface area contributed by atoms with Crippen molar-refractivity contribution in [3.05, 3.63) is 80.7 Å². The molecule has 2 saturated heterocycles. The van der Waals surface area contributed by atoms with Crippen LogP contribution in [0.4, 0.5) is 8.78 Å². The first kappa shape index (κ1) is 23.5. The lowest BCUT2D eigenvalue weighted by Crippen LogP contribution is -2.64. The molecule has 0 aliphatic carbocycles. The van der Waals surface area contributed by atoms with E-state index in [1.165, 1.54) is 22.0 Å². The van der Waals surface area contributed by atoms with Gasteiger partial charge in [-0.3, -0.25) is 19.1 Å². The molecule has 9 nitrogen and oxygen atoms in total. The summed E-state index contributed by atoms with van der Waals surface area (Å²) in [6.45, 7) is 3.92. The van der Waals surface area contributed by atoms with Crippen LogP contribution in [0.25, 0.3) is 16.7 Å². The fourth-order valence-corrected chi connectivity index (χ4v) is 5.52. The van der Waals surface area contributed by atoms with Crippen LogP contribution in [0.5, 0.6) is 0 Å². The molecule has 4 heterocycles. The number of imidazole rings is 1. The molecule has 2 amide bonds. The Morgan fingerprint density at radius 1 is 0.946 bits per heavy atom. The Kier molecular flexibility index (Phi) is 5.84. The molecule has 37 heavy (non-hydrogen) atoms. The molecule has 0 saturated carbocycles. The van der Waals surface area contributed by atoms with Crippen molar-refractivity contribution in [2.75, 3.05) is 39.3 Å². The number of aromatic nitrogens is 3. The van der Waals surface area contributed by atoms with Crippen molar-refractivity contribution in [1.29, 1.82) is 0 Å². The predicted molar refractivity (Wildman–Crippen MR) is 133 cm³/mol. The Labute approximate surface area is 213 Å². The third-order valence-electron chi connectivity index (χ3n) is 6.97. The number of aromatic amines is 1. The van der Waals surface area contributed by atoms with Gasteiger partial charge in [-0.15, -0.1) is 11.3 Å². The molecule has 0 radical (unpaired) electrons. The number of hydrogen-bond acceptors (Lipinski definition) is 6. The number of amides is 2. The Morgan fingerprint density at radius 3 is 2.43 bits per heavy atom. The van der Waals surface area contributed by atoms with Gasteiger partial charge in [-0.1, -0.05) is 0 Å². The second-order valence-electron chi connectivity index (χ2n) is 9.13. The number of nitrogens with one attached hydrogen (secondary N) is 1. The highest BCUT2D eigenvalue weighted by atomic mass is 32.1. The zero-order chi connectivity index (χ0) is 25.7. The number of piperazine rings is 1. The summed E-state index contributed by atoms with van der Waals surface area (Å²) in [7, 11) is 0. The number of carbonyl (C=O) groups excluding carboxylic acids is 2. The van der Waals surface area contributed by atoms with E-state index in [0.717, 1.165) is 25.2 Å². The van der Waals surface area contributed by atoms with Gasteiger partial charge >= 0.3 is 5.69 Å². The number of H-pyrrole nitrogens is 1. The third-order valence-corrected chi connectivity index (χ3v) is 7.73. The van der Waals surface area contributed by atoms with E-state index in [9.17, 15) is 23.2 Å². The summed E-state index contributed by atoms with van der Waals surface area (Å²) in [5.41, 5.74) is 0.997. The second kappa shape index (κ2) is 9.20. The number of benzene rings is 2. The lowest BCUT2D eigenvalue weighted by molar-refractivity contribution is 0.00854. The highest BCUT2D eigenvalue weighted by Crippen LogP contribution is 2.23. The van der Waals surface area contributed by atoms with Gasteiger partial charge in [0.2, 0.25) is 0 Å². The SMILES string of the molecule is O=C(c1ccc2c(c1)[nH]c(=O)n2-c1ccc(F)c(F)c1)N1CC(N2CCN(C(=O)c3nccs3)CC2)C1. The van der Waals surface area contributed by atoms with Gasteiger partial charge < -0.3 is 14.8 Å². The van der Waals surface area contributed by atoms with Crippen LogP contribution >= 0.6 is 11.3 Å². The average molecular weight is 525 g/mol. The molecule has 1 N–H and O–H groups in total. The molecule has 6 rings (SSSR count). The summed E-state index contributed by atoms with van der Waals surface area (Å²) in [5, 5.41) is 2.30. The molecule has 2 aliphatic rings. The fourth-order valence-electron chi connectivity index (χ4n) is 4.91. The van der Waals surface area contributed by atoms with E-state index in [4.69, 9.17) is 0 Å². The minimum atomic E-state index is -1.05. The van der Waals surface area contributed by atoms with Gasteiger partial charge in [0.1, 0.15) is 0 Å². The van der Waals surface area contributed by atoms with Crippen molar-refractivity contribution in [3.8, 4) is 5.69 Å².